The molecule has 0 heterocycles. The summed E-state index contributed by atoms with van der Waals surface area (Å²) >= 11 is -0.351. The molecule has 0 radical (unpaired) electrons. The maximum absolute atomic E-state index is 14.0. The number of hydrogen-bond acceptors (Lipinski definition) is 4. The van der Waals surface area contributed by atoms with E-state index in [1.54, 1.807) is 0 Å². The van der Waals surface area contributed by atoms with Crippen LogP contribution in [0.1, 0.15) is 138 Å². The highest BCUT2D eigenvalue weighted by Crippen LogP contribution is 2.49. The van der Waals surface area contributed by atoms with E-state index in [0.717, 1.165) is 49.7 Å². The van der Waals surface area contributed by atoms with Gasteiger partial charge in [0.05, 0.1) is 12.0 Å². The van der Waals surface area contributed by atoms with Gasteiger partial charge in [0.25, 0.3) is 0 Å². The molecule has 2 aliphatic carbocycles. The Kier molecular flexibility index (Phi) is 10.5. The Morgan fingerprint density at radius 1 is 1.00 bits per heavy atom. The second-order valence-corrected chi connectivity index (χ2v) is 11.5. The highest BCUT2D eigenvalue weighted by atomic mass is 32.2. The van der Waals surface area contributed by atoms with Gasteiger partial charge in [0, 0.05) is 0 Å². The van der Waals surface area contributed by atoms with Gasteiger partial charge in [-0.2, -0.15) is 8.78 Å². The van der Waals surface area contributed by atoms with Crippen LogP contribution >= 0.6 is 24.1 Å². The summed E-state index contributed by atoms with van der Waals surface area (Å²) in [5, 5.41) is 0. The molecular formula is C26H40F2O2S2. The average molecular weight is 487 g/mol. The molecule has 1 aromatic rings. The number of benzene rings is 1. The molecule has 1 atom stereocenters. The Labute approximate surface area is 202 Å². The molecule has 2 nitrogen and oxygen atoms in total. The maximum Gasteiger partial charge on any atom is 0.400 e. The first-order valence-corrected chi connectivity index (χ1v) is 14.2. The Bertz CT molecular complexity index is 701. The van der Waals surface area contributed by atoms with E-state index >= 15 is 0 Å². The molecule has 0 spiro atoms. The first-order valence-electron chi connectivity index (χ1n) is 12.7. The van der Waals surface area contributed by atoms with Gasteiger partial charge < -0.3 is 8.74 Å². The minimum Gasteiger partial charge on any atom is -0.418 e. The van der Waals surface area contributed by atoms with E-state index in [9.17, 15) is 8.78 Å². The Morgan fingerprint density at radius 2 is 1.62 bits per heavy atom. The van der Waals surface area contributed by atoms with Crippen molar-refractivity contribution in [1.29, 1.82) is 0 Å². The van der Waals surface area contributed by atoms with Crippen molar-refractivity contribution >= 4 is 24.1 Å². The van der Waals surface area contributed by atoms with Gasteiger partial charge in [-0.1, -0.05) is 77.3 Å². The summed E-state index contributed by atoms with van der Waals surface area (Å²) in [5.74, 6) is 1.93. The monoisotopic (exact) mass is 486 g/mol. The van der Waals surface area contributed by atoms with Gasteiger partial charge in [-0.25, -0.2) is 0 Å². The predicted octanol–water partition coefficient (Wildman–Crippen LogP) is 10.2. The van der Waals surface area contributed by atoms with Crippen LogP contribution in [0, 0.1) is 0 Å². The van der Waals surface area contributed by atoms with Crippen LogP contribution in [0.5, 0.6) is 5.75 Å². The molecule has 2 saturated carbocycles. The summed E-state index contributed by atoms with van der Waals surface area (Å²) in [5.41, 5.74) is 3.66. The van der Waals surface area contributed by atoms with Crippen LogP contribution in [0.4, 0.5) is 8.78 Å². The Hall–Kier alpha value is -0.460. The van der Waals surface area contributed by atoms with Crippen molar-refractivity contribution in [2.75, 3.05) is 0 Å². The third kappa shape index (κ3) is 7.02. The van der Waals surface area contributed by atoms with Crippen LogP contribution in [0.3, 0.4) is 0 Å². The maximum atomic E-state index is 14.0. The summed E-state index contributed by atoms with van der Waals surface area (Å²) in [7, 11) is 0. The van der Waals surface area contributed by atoms with Gasteiger partial charge in [-0.15, -0.1) is 0 Å². The average Bonchev–Trinajstić information content (AvgIpc) is 2.84. The molecule has 0 aromatic heterocycles. The minimum absolute atomic E-state index is 0.0969. The Morgan fingerprint density at radius 3 is 2.19 bits per heavy atom. The van der Waals surface area contributed by atoms with Crippen molar-refractivity contribution in [3.8, 4) is 5.75 Å². The number of rotatable bonds is 11. The van der Waals surface area contributed by atoms with E-state index < -0.39 is 16.6 Å². The SMILES string of the molecule is CCCCC(CC)c1cc(C2CCCCC2)cc(C2CCCCC2)c1OSC(F)(F)SO. The van der Waals surface area contributed by atoms with E-state index in [-0.39, 0.29) is 12.0 Å². The van der Waals surface area contributed by atoms with Crippen molar-refractivity contribution < 1.29 is 17.5 Å². The van der Waals surface area contributed by atoms with Crippen LogP contribution in [0.15, 0.2) is 12.1 Å². The van der Waals surface area contributed by atoms with Gasteiger partial charge in [-0.3, -0.25) is 0 Å². The van der Waals surface area contributed by atoms with Crippen molar-refractivity contribution in [1.82, 2.24) is 0 Å². The molecule has 2 aliphatic rings. The largest absolute Gasteiger partial charge is 0.418 e. The molecule has 1 unspecified atom stereocenters. The number of hydrogen-bond donors (Lipinski definition) is 1. The fourth-order valence-corrected chi connectivity index (χ4v) is 6.22. The molecule has 1 N–H and O–H groups in total. The van der Waals surface area contributed by atoms with Crippen LogP contribution in [0.25, 0.3) is 0 Å². The predicted molar refractivity (Wildman–Crippen MR) is 134 cm³/mol. The molecular weight excluding hydrogens is 446 g/mol. The van der Waals surface area contributed by atoms with Gasteiger partial charge in [0.15, 0.2) is 0 Å². The zero-order chi connectivity index (χ0) is 23.0. The van der Waals surface area contributed by atoms with Crippen molar-refractivity contribution in [2.24, 2.45) is 0 Å². The molecule has 0 saturated heterocycles. The lowest BCUT2D eigenvalue weighted by Gasteiger charge is -2.31. The van der Waals surface area contributed by atoms with E-state index in [1.165, 1.54) is 56.9 Å². The van der Waals surface area contributed by atoms with Gasteiger partial charge >= 0.3 is 4.59 Å². The Balaban J connectivity index is 2.06. The quantitative estimate of drug-likeness (QED) is 0.249. The van der Waals surface area contributed by atoms with Crippen molar-refractivity contribution in [3.05, 3.63) is 28.8 Å². The van der Waals surface area contributed by atoms with Crippen LogP contribution in [-0.4, -0.2) is 9.14 Å². The molecule has 0 aliphatic heterocycles. The lowest BCUT2D eigenvalue weighted by atomic mass is 9.76. The third-order valence-corrected chi connectivity index (χ3v) is 8.54. The van der Waals surface area contributed by atoms with Crippen LogP contribution in [0.2, 0.25) is 0 Å². The summed E-state index contributed by atoms with van der Waals surface area (Å²) in [6.45, 7) is 4.40. The highest BCUT2D eigenvalue weighted by molar-refractivity contribution is 8.13. The van der Waals surface area contributed by atoms with Gasteiger partial charge in [0.2, 0.25) is 0 Å². The van der Waals surface area contributed by atoms with Crippen molar-refractivity contribution in [2.45, 2.75) is 126 Å². The molecule has 182 valence electrons. The second-order valence-electron chi connectivity index (χ2n) is 9.67. The van der Waals surface area contributed by atoms with Gasteiger partial charge in [0.1, 0.15) is 17.8 Å². The summed E-state index contributed by atoms with van der Waals surface area (Å²) in [6, 6.07) is 4.61. The standard InChI is InChI=1S/C26H40F2O2S2/c1-3-5-12-19(4-2)23-17-22(20-13-8-6-9-14-20)18-24(21-15-10-7-11-16-21)25(23)30-32-26(27,28)31-29/h17-21,29H,3-16H2,1-2H3. The van der Waals surface area contributed by atoms with Gasteiger partial charge in [-0.05, 0) is 73.0 Å². The van der Waals surface area contributed by atoms with E-state index in [0.29, 0.717) is 23.5 Å². The van der Waals surface area contributed by atoms with E-state index in [4.69, 9.17) is 8.74 Å². The molecule has 3 rings (SSSR count). The van der Waals surface area contributed by atoms with Crippen LogP contribution in [-0.2, 0) is 0 Å². The van der Waals surface area contributed by atoms with E-state index in [1.807, 2.05) is 0 Å². The third-order valence-electron chi connectivity index (χ3n) is 7.46. The number of alkyl halides is 2. The lowest BCUT2D eigenvalue weighted by Crippen LogP contribution is -2.14. The number of unbranched alkanes of at least 4 members (excludes halogenated alkanes) is 1. The van der Waals surface area contributed by atoms with Crippen molar-refractivity contribution in [3.63, 3.8) is 0 Å². The zero-order valence-electron chi connectivity index (χ0n) is 19.7. The summed E-state index contributed by atoms with van der Waals surface area (Å²) in [4.78, 5) is 0. The first kappa shape index (κ1) is 26.2. The molecule has 2 fully saturated rings. The molecule has 32 heavy (non-hydrogen) atoms. The molecule has 0 amide bonds. The first-order chi connectivity index (χ1) is 15.5. The minimum atomic E-state index is -3.38. The number of halogens is 2. The van der Waals surface area contributed by atoms with E-state index in [2.05, 4.69) is 26.0 Å². The molecule has 6 heteroatoms. The topological polar surface area (TPSA) is 29.5 Å². The zero-order valence-corrected chi connectivity index (χ0v) is 21.3. The molecule has 1 aromatic carbocycles. The summed E-state index contributed by atoms with van der Waals surface area (Å²) in [6.07, 6.45) is 16.4. The fraction of sp³-hybridized carbons (Fsp3) is 0.769. The lowest BCUT2D eigenvalue weighted by molar-refractivity contribution is 0.197. The second kappa shape index (κ2) is 12.9. The van der Waals surface area contributed by atoms with Crippen LogP contribution < -0.4 is 4.18 Å². The normalized spacial score (nSPS) is 19.8. The smallest absolute Gasteiger partial charge is 0.400 e. The highest BCUT2D eigenvalue weighted by Gasteiger charge is 2.35. The summed E-state index contributed by atoms with van der Waals surface area (Å²) < 4.78 is 39.4. The fourth-order valence-electron chi connectivity index (χ4n) is 5.62. The molecule has 0 bridgehead atoms.